The molecule has 0 aromatic carbocycles. The molecule has 1 aliphatic heterocycles. The zero-order valence-electron chi connectivity index (χ0n) is 13.1. The van der Waals surface area contributed by atoms with E-state index in [1.807, 2.05) is 11.3 Å². The zero-order valence-corrected chi connectivity index (χ0v) is 13.9. The number of fused-ring (bicyclic) bond motifs is 1. The van der Waals surface area contributed by atoms with Gasteiger partial charge >= 0.3 is 0 Å². The maximum absolute atomic E-state index is 5.95. The van der Waals surface area contributed by atoms with Gasteiger partial charge in [0.05, 0.1) is 13.1 Å². The highest BCUT2D eigenvalue weighted by atomic mass is 32.1. The zero-order chi connectivity index (χ0) is 14.8. The standard InChI is InChI=1S/C17H24N2OS/c1-12(2)18-10-14-4-5-15(20-14)11-19-8-6-17-16(13(19)3)7-9-21-17/h4-5,7,9,12-13,18H,6,8,10-11H2,1-3H3. The highest BCUT2D eigenvalue weighted by molar-refractivity contribution is 7.10. The molecule has 1 aliphatic rings. The van der Waals surface area contributed by atoms with Crippen LogP contribution in [0.3, 0.4) is 0 Å². The largest absolute Gasteiger partial charge is 0.463 e. The van der Waals surface area contributed by atoms with E-state index >= 15 is 0 Å². The van der Waals surface area contributed by atoms with Crippen molar-refractivity contribution in [3.05, 3.63) is 45.5 Å². The molecule has 3 nitrogen and oxygen atoms in total. The molecule has 0 saturated heterocycles. The van der Waals surface area contributed by atoms with Gasteiger partial charge in [-0.2, -0.15) is 0 Å². The number of hydrogen-bond donors (Lipinski definition) is 1. The summed E-state index contributed by atoms with van der Waals surface area (Å²) < 4.78 is 5.95. The normalized spacial score (nSPS) is 19.1. The van der Waals surface area contributed by atoms with Crippen LogP contribution in [0.4, 0.5) is 0 Å². The first-order valence-electron chi connectivity index (χ1n) is 7.75. The lowest BCUT2D eigenvalue weighted by atomic mass is 10.0. The second-order valence-electron chi connectivity index (χ2n) is 6.10. The molecule has 1 unspecified atom stereocenters. The van der Waals surface area contributed by atoms with Crippen LogP contribution in [0, 0.1) is 0 Å². The summed E-state index contributed by atoms with van der Waals surface area (Å²) in [4.78, 5) is 4.06. The Hall–Kier alpha value is -1.10. The van der Waals surface area contributed by atoms with Crippen LogP contribution in [0.5, 0.6) is 0 Å². The molecule has 0 amide bonds. The van der Waals surface area contributed by atoms with E-state index in [2.05, 4.69) is 54.6 Å². The van der Waals surface area contributed by atoms with Gasteiger partial charge in [-0.3, -0.25) is 4.90 Å². The Morgan fingerprint density at radius 2 is 2.14 bits per heavy atom. The third-order valence-corrected chi connectivity index (χ3v) is 5.16. The average Bonchev–Trinajstić information content (AvgIpc) is 3.09. The van der Waals surface area contributed by atoms with Gasteiger partial charge in [-0.1, -0.05) is 13.8 Å². The first-order chi connectivity index (χ1) is 10.1. The lowest BCUT2D eigenvalue weighted by Gasteiger charge is -2.32. The molecule has 2 aromatic heterocycles. The average molecular weight is 304 g/mol. The smallest absolute Gasteiger partial charge is 0.118 e. The first-order valence-corrected chi connectivity index (χ1v) is 8.62. The highest BCUT2D eigenvalue weighted by Crippen LogP contribution is 2.33. The minimum Gasteiger partial charge on any atom is -0.463 e. The Morgan fingerprint density at radius 3 is 2.95 bits per heavy atom. The fourth-order valence-corrected chi connectivity index (χ4v) is 3.85. The molecule has 2 aromatic rings. The molecule has 0 bridgehead atoms. The maximum atomic E-state index is 5.95. The van der Waals surface area contributed by atoms with E-state index in [-0.39, 0.29) is 0 Å². The number of thiophene rings is 1. The molecular formula is C17H24N2OS. The Kier molecular flexibility index (Phi) is 4.48. The fourth-order valence-electron chi connectivity index (χ4n) is 2.88. The predicted octanol–water partition coefficient (Wildman–Crippen LogP) is 3.96. The lowest BCUT2D eigenvalue weighted by Crippen LogP contribution is -2.32. The number of rotatable bonds is 5. The van der Waals surface area contributed by atoms with Crippen LogP contribution in [-0.2, 0) is 19.5 Å². The van der Waals surface area contributed by atoms with Crippen LogP contribution < -0.4 is 5.32 Å². The van der Waals surface area contributed by atoms with Gasteiger partial charge in [-0.15, -0.1) is 11.3 Å². The summed E-state index contributed by atoms with van der Waals surface area (Å²) in [7, 11) is 0. The Morgan fingerprint density at radius 1 is 1.33 bits per heavy atom. The second-order valence-corrected chi connectivity index (χ2v) is 7.10. The molecule has 1 atom stereocenters. The van der Waals surface area contributed by atoms with Crippen molar-refractivity contribution < 1.29 is 4.42 Å². The molecule has 0 aliphatic carbocycles. The van der Waals surface area contributed by atoms with E-state index in [1.54, 1.807) is 4.88 Å². The topological polar surface area (TPSA) is 28.4 Å². The van der Waals surface area contributed by atoms with Crippen LogP contribution in [0.2, 0.25) is 0 Å². The van der Waals surface area contributed by atoms with Crippen molar-refractivity contribution in [3.8, 4) is 0 Å². The van der Waals surface area contributed by atoms with Gasteiger partial charge in [0.1, 0.15) is 11.5 Å². The van der Waals surface area contributed by atoms with Gasteiger partial charge in [0.2, 0.25) is 0 Å². The highest BCUT2D eigenvalue weighted by Gasteiger charge is 2.25. The summed E-state index contributed by atoms with van der Waals surface area (Å²) in [6.07, 6.45) is 1.17. The van der Waals surface area contributed by atoms with Crippen molar-refractivity contribution >= 4 is 11.3 Å². The SMILES string of the molecule is CC(C)NCc1ccc(CN2CCc3sccc3C2C)o1. The van der Waals surface area contributed by atoms with Gasteiger partial charge in [-0.05, 0) is 42.5 Å². The molecular weight excluding hydrogens is 280 g/mol. The second kappa shape index (κ2) is 6.34. The van der Waals surface area contributed by atoms with Crippen molar-refractivity contribution in [1.82, 2.24) is 10.2 Å². The van der Waals surface area contributed by atoms with Gasteiger partial charge in [-0.25, -0.2) is 0 Å². The summed E-state index contributed by atoms with van der Waals surface area (Å²) in [6.45, 7) is 9.43. The van der Waals surface area contributed by atoms with E-state index in [9.17, 15) is 0 Å². The molecule has 0 spiro atoms. The van der Waals surface area contributed by atoms with Crippen molar-refractivity contribution in [2.45, 2.75) is 52.4 Å². The Labute approximate surface area is 131 Å². The monoisotopic (exact) mass is 304 g/mol. The first kappa shape index (κ1) is 14.8. The van der Waals surface area contributed by atoms with Crippen LogP contribution in [0.25, 0.3) is 0 Å². The molecule has 0 fully saturated rings. The minimum atomic E-state index is 0.484. The molecule has 1 N–H and O–H groups in total. The maximum Gasteiger partial charge on any atom is 0.118 e. The Bertz CT molecular complexity index is 587. The van der Waals surface area contributed by atoms with Crippen LogP contribution in [0.15, 0.2) is 28.0 Å². The number of furan rings is 1. The van der Waals surface area contributed by atoms with Crippen molar-refractivity contribution in [1.29, 1.82) is 0 Å². The van der Waals surface area contributed by atoms with E-state index in [4.69, 9.17) is 4.42 Å². The number of nitrogens with zero attached hydrogens (tertiary/aromatic N) is 1. The van der Waals surface area contributed by atoms with Crippen molar-refractivity contribution in [3.63, 3.8) is 0 Å². The van der Waals surface area contributed by atoms with E-state index < -0.39 is 0 Å². The van der Waals surface area contributed by atoms with E-state index in [0.717, 1.165) is 31.2 Å². The summed E-state index contributed by atoms with van der Waals surface area (Å²) in [5, 5.41) is 5.61. The van der Waals surface area contributed by atoms with Gasteiger partial charge in [0.15, 0.2) is 0 Å². The van der Waals surface area contributed by atoms with Gasteiger partial charge in [0, 0.05) is 23.5 Å². The van der Waals surface area contributed by atoms with Crippen LogP contribution in [-0.4, -0.2) is 17.5 Å². The number of hydrogen-bond acceptors (Lipinski definition) is 4. The molecule has 0 radical (unpaired) electrons. The fraction of sp³-hybridized carbons (Fsp3) is 0.529. The molecule has 4 heteroatoms. The van der Waals surface area contributed by atoms with E-state index in [0.29, 0.717) is 12.1 Å². The quantitative estimate of drug-likeness (QED) is 0.906. The van der Waals surface area contributed by atoms with E-state index in [1.165, 1.54) is 12.0 Å². The summed E-state index contributed by atoms with van der Waals surface area (Å²) in [5.74, 6) is 2.10. The van der Waals surface area contributed by atoms with Crippen molar-refractivity contribution in [2.24, 2.45) is 0 Å². The van der Waals surface area contributed by atoms with Crippen LogP contribution >= 0.6 is 11.3 Å². The molecule has 114 valence electrons. The molecule has 21 heavy (non-hydrogen) atoms. The van der Waals surface area contributed by atoms with Gasteiger partial charge in [0.25, 0.3) is 0 Å². The predicted molar refractivity (Wildman–Crippen MR) is 87.5 cm³/mol. The Balaban J connectivity index is 1.62. The lowest BCUT2D eigenvalue weighted by molar-refractivity contribution is 0.175. The third-order valence-electron chi connectivity index (χ3n) is 4.16. The van der Waals surface area contributed by atoms with Crippen molar-refractivity contribution in [2.75, 3.05) is 6.54 Å². The molecule has 3 rings (SSSR count). The van der Waals surface area contributed by atoms with Crippen LogP contribution in [0.1, 0.15) is 48.8 Å². The molecule has 3 heterocycles. The summed E-state index contributed by atoms with van der Waals surface area (Å²) in [5.41, 5.74) is 1.50. The molecule has 0 saturated carbocycles. The van der Waals surface area contributed by atoms with Gasteiger partial charge < -0.3 is 9.73 Å². The summed E-state index contributed by atoms with van der Waals surface area (Å²) >= 11 is 1.89. The minimum absolute atomic E-state index is 0.484. The third kappa shape index (κ3) is 3.39. The number of nitrogens with one attached hydrogen (secondary N) is 1. The summed E-state index contributed by atoms with van der Waals surface area (Å²) in [6, 6.07) is 7.46.